The summed E-state index contributed by atoms with van der Waals surface area (Å²) < 4.78 is 11.0. The number of aromatic nitrogens is 2. The second-order valence-electron chi connectivity index (χ2n) is 5.99. The number of para-hydroxylation sites is 2. The number of hydrogen-bond acceptors (Lipinski definition) is 6. The Hall–Kier alpha value is -3.68. The fraction of sp³-hybridized carbons (Fsp3) is 0.158. The molecule has 2 aromatic carbocycles. The summed E-state index contributed by atoms with van der Waals surface area (Å²) in [6.07, 6.45) is 0.420. The molecule has 0 unspecified atom stereocenters. The topological polar surface area (TPSA) is 106 Å². The molecular weight excluding hydrogens is 348 g/mol. The van der Waals surface area contributed by atoms with Gasteiger partial charge in [-0.2, -0.15) is 0 Å². The van der Waals surface area contributed by atoms with Crippen LogP contribution in [0.5, 0.6) is 5.75 Å². The number of nitrogens with zero attached hydrogens (tertiary/aromatic N) is 2. The van der Waals surface area contributed by atoms with Crippen molar-refractivity contribution in [2.45, 2.75) is 12.5 Å². The molecule has 4 rings (SSSR count). The molecule has 27 heavy (non-hydrogen) atoms. The van der Waals surface area contributed by atoms with Crippen molar-refractivity contribution in [1.29, 1.82) is 0 Å². The van der Waals surface area contributed by atoms with Gasteiger partial charge in [0.25, 0.3) is 5.91 Å². The van der Waals surface area contributed by atoms with Crippen LogP contribution in [0.4, 0.5) is 5.69 Å². The number of amides is 2. The van der Waals surface area contributed by atoms with E-state index < -0.39 is 11.9 Å². The Balaban J connectivity index is 1.41. The first kappa shape index (κ1) is 16.8. The molecule has 1 aliphatic rings. The van der Waals surface area contributed by atoms with Crippen LogP contribution >= 0.6 is 0 Å². The third-order valence-electron chi connectivity index (χ3n) is 4.03. The first-order valence-corrected chi connectivity index (χ1v) is 8.39. The highest BCUT2D eigenvalue weighted by Gasteiger charge is 2.28. The molecule has 2 N–H and O–H groups in total. The van der Waals surface area contributed by atoms with Crippen LogP contribution in [-0.4, -0.2) is 34.7 Å². The number of ether oxygens (including phenoxy) is 1. The van der Waals surface area contributed by atoms with Gasteiger partial charge >= 0.3 is 11.8 Å². The number of benzene rings is 2. The third-order valence-corrected chi connectivity index (χ3v) is 4.03. The Morgan fingerprint density at radius 1 is 1.11 bits per heavy atom. The molecule has 1 atom stereocenters. The van der Waals surface area contributed by atoms with Gasteiger partial charge in [0, 0.05) is 0 Å². The van der Waals surface area contributed by atoms with E-state index in [1.807, 2.05) is 30.3 Å². The molecule has 0 fully saturated rings. The minimum atomic E-state index is -0.880. The van der Waals surface area contributed by atoms with E-state index in [0.29, 0.717) is 23.7 Å². The van der Waals surface area contributed by atoms with E-state index in [2.05, 4.69) is 20.8 Å². The van der Waals surface area contributed by atoms with Gasteiger partial charge < -0.3 is 19.8 Å². The fourth-order valence-corrected chi connectivity index (χ4v) is 2.68. The smallest absolute Gasteiger partial charge is 0.309 e. The Kier molecular flexibility index (Phi) is 4.52. The van der Waals surface area contributed by atoms with Crippen molar-refractivity contribution >= 4 is 17.5 Å². The summed E-state index contributed by atoms with van der Waals surface area (Å²) in [7, 11) is 0. The number of nitrogens with one attached hydrogen (secondary N) is 2. The zero-order valence-corrected chi connectivity index (χ0v) is 14.2. The summed E-state index contributed by atoms with van der Waals surface area (Å²) in [5.74, 6) is -0.338. The van der Waals surface area contributed by atoms with Crippen LogP contribution in [0.1, 0.15) is 22.1 Å². The van der Waals surface area contributed by atoms with Crippen molar-refractivity contribution < 1.29 is 18.7 Å². The lowest BCUT2D eigenvalue weighted by molar-refractivity contribution is -0.118. The molecule has 1 aromatic heterocycles. The van der Waals surface area contributed by atoms with E-state index in [1.165, 1.54) is 0 Å². The van der Waals surface area contributed by atoms with Gasteiger partial charge in [-0.1, -0.05) is 42.5 Å². The highest BCUT2D eigenvalue weighted by molar-refractivity contribution is 6.00. The van der Waals surface area contributed by atoms with E-state index in [1.54, 1.807) is 24.3 Å². The fourth-order valence-electron chi connectivity index (χ4n) is 2.68. The summed E-state index contributed by atoms with van der Waals surface area (Å²) in [4.78, 5) is 24.7. The van der Waals surface area contributed by atoms with Crippen LogP contribution in [0.3, 0.4) is 0 Å². The van der Waals surface area contributed by atoms with Crippen LogP contribution in [0.2, 0.25) is 0 Å². The van der Waals surface area contributed by atoms with E-state index in [-0.39, 0.29) is 18.4 Å². The maximum absolute atomic E-state index is 12.4. The molecule has 8 nitrogen and oxygen atoms in total. The largest absolute Gasteiger partial charge is 0.489 e. The van der Waals surface area contributed by atoms with Gasteiger partial charge in [0.15, 0.2) is 0 Å². The van der Waals surface area contributed by atoms with Gasteiger partial charge in [0.2, 0.25) is 5.89 Å². The van der Waals surface area contributed by atoms with Gasteiger partial charge in [-0.05, 0) is 17.7 Å². The van der Waals surface area contributed by atoms with Crippen LogP contribution in [0.25, 0.3) is 0 Å². The zero-order valence-electron chi connectivity index (χ0n) is 14.2. The van der Waals surface area contributed by atoms with Gasteiger partial charge in [-0.3, -0.25) is 9.59 Å². The molecule has 136 valence electrons. The summed E-state index contributed by atoms with van der Waals surface area (Å²) >= 11 is 0. The van der Waals surface area contributed by atoms with E-state index in [0.717, 1.165) is 5.56 Å². The highest BCUT2D eigenvalue weighted by atomic mass is 16.5. The van der Waals surface area contributed by atoms with Gasteiger partial charge in [0.1, 0.15) is 18.4 Å². The van der Waals surface area contributed by atoms with Crippen molar-refractivity contribution in [1.82, 2.24) is 15.5 Å². The Morgan fingerprint density at radius 2 is 1.89 bits per heavy atom. The zero-order chi connectivity index (χ0) is 18.6. The number of anilines is 1. The SMILES string of the molecule is O=C(N[C@H]1COc2ccccc2NC1=O)c1nnc(Cc2ccccc2)o1. The van der Waals surface area contributed by atoms with Crippen LogP contribution in [-0.2, 0) is 11.2 Å². The monoisotopic (exact) mass is 364 g/mol. The summed E-state index contributed by atoms with van der Waals surface area (Å²) in [5.41, 5.74) is 1.55. The van der Waals surface area contributed by atoms with E-state index in [9.17, 15) is 9.59 Å². The minimum absolute atomic E-state index is 0.000400. The average molecular weight is 364 g/mol. The first-order chi connectivity index (χ1) is 13.2. The summed E-state index contributed by atoms with van der Waals surface area (Å²) in [6.45, 7) is -0.000400. The lowest BCUT2D eigenvalue weighted by atomic mass is 10.2. The molecule has 0 radical (unpaired) electrons. The Morgan fingerprint density at radius 3 is 2.74 bits per heavy atom. The van der Waals surface area contributed by atoms with Gasteiger partial charge in [-0.25, -0.2) is 0 Å². The highest BCUT2D eigenvalue weighted by Crippen LogP contribution is 2.26. The van der Waals surface area contributed by atoms with Gasteiger partial charge in [-0.15, -0.1) is 10.2 Å². The molecule has 3 aromatic rings. The number of hydrogen-bond donors (Lipinski definition) is 2. The second-order valence-corrected chi connectivity index (χ2v) is 5.99. The van der Waals surface area contributed by atoms with Crippen molar-refractivity contribution in [2.24, 2.45) is 0 Å². The summed E-state index contributed by atoms with van der Waals surface area (Å²) in [6, 6.07) is 15.8. The second kappa shape index (κ2) is 7.28. The van der Waals surface area contributed by atoms with Crippen molar-refractivity contribution in [3.63, 3.8) is 0 Å². The molecule has 0 saturated carbocycles. The number of fused-ring (bicyclic) bond motifs is 1. The molecule has 2 heterocycles. The average Bonchev–Trinajstić information content (AvgIpc) is 3.09. The van der Waals surface area contributed by atoms with E-state index >= 15 is 0 Å². The van der Waals surface area contributed by atoms with Gasteiger partial charge in [0.05, 0.1) is 12.1 Å². The summed E-state index contributed by atoms with van der Waals surface area (Å²) in [5, 5.41) is 12.9. The molecule has 0 bridgehead atoms. The Labute approximate surface area is 154 Å². The van der Waals surface area contributed by atoms with Crippen molar-refractivity contribution in [2.75, 3.05) is 11.9 Å². The predicted molar refractivity (Wildman–Crippen MR) is 95.4 cm³/mol. The molecule has 8 heteroatoms. The quantitative estimate of drug-likeness (QED) is 0.731. The maximum atomic E-state index is 12.4. The molecule has 0 spiro atoms. The standard InChI is InChI=1S/C19H16N4O4/c24-17-14(11-26-15-9-5-4-8-13(15)20-17)21-18(25)19-23-22-16(27-19)10-12-6-2-1-3-7-12/h1-9,14H,10-11H2,(H,20,24)(H,21,25)/t14-/m0/s1. The molecule has 2 amide bonds. The maximum Gasteiger partial charge on any atom is 0.309 e. The number of carbonyl (C=O) groups is 2. The molecule has 0 saturated heterocycles. The normalized spacial score (nSPS) is 15.9. The number of carbonyl (C=O) groups excluding carboxylic acids is 2. The molecular formula is C19H16N4O4. The first-order valence-electron chi connectivity index (χ1n) is 8.39. The predicted octanol–water partition coefficient (Wildman–Crippen LogP) is 1.79. The lowest BCUT2D eigenvalue weighted by Gasteiger charge is -2.13. The third kappa shape index (κ3) is 3.79. The van der Waals surface area contributed by atoms with Crippen LogP contribution in [0.15, 0.2) is 59.0 Å². The lowest BCUT2D eigenvalue weighted by Crippen LogP contribution is -2.46. The minimum Gasteiger partial charge on any atom is -0.489 e. The van der Waals surface area contributed by atoms with E-state index in [4.69, 9.17) is 9.15 Å². The van der Waals surface area contributed by atoms with Crippen LogP contribution < -0.4 is 15.4 Å². The molecule has 0 aliphatic carbocycles. The Bertz CT molecular complexity index is 971. The van der Waals surface area contributed by atoms with Crippen molar-refractivity contribution in [3.8, 4) is 5.75 Å². The number of rotatable bonds is 4. The van der Waals surface area contributed by atoms with Crippen LogP contribution in [0, 0.1) is 0 Å². The van der Waals surface area contributed by atoms with Crippen molar-refractivity contribution in [3.05, 3.63) is 71.9 Å². The molecule has 1 aliphatic heterocycles.